The number of fused-ring (bicyclic) bond motifs is 4. The third-order valence-electron chi connectivity index (χ3n) is 8.66. The summed E-state index contributed by atoms with van der Waals surface area (Å²) in [6.45, 7) is 8.71. The summed E-state index contributed by atoms with van der Waals surface area (Å²) in [6.07, 6.45) is 8.77. The normalized spacial score (nSPS) is 20.1. The number of nitrogens with one attached hydrogen (secondary N) is 1. The lowest BCUT2D eigenvalue weighted by Crippen LogP contribution is -2.44. The Morgan fingerprint density at radius 1 is 1.03 bits per heavy atom. The molecule has 3 aromatic heterocycles. The zero-order valence-electron chi connectivity index (χ0n) is 21.1. The quantitative estimate of drug-likeness (QED) is 0.344. The van der Waals surface area contributed by atoms with Crippen LogP contribution < -0.4 is 0 Å². The van der Waals surface area contributed by atoms with Gasteiger partial charge in [0.15, 0.2) is 0 Å². The first-order chi connectivity index (χ1) is 17.7. The third-order valence-corrected chi connectivity index (χ3v) is 8.66. The molecule has 5 aromatic rings. The van der Waals surface area contributed by atoms with Gasteiger partial charge in [-0.25, -0.2) is 4.52 Å². The molecule has 5 heterocycles. The highest BCUT2D eigenvalue weighted by Crippen LogP contribution is 2.39. The van der Waals surface area contributed by atoms with Crippen LogP contribution in [0.4, 0.5) is 0 Å². The van der Waals surface area contributed by atoms with E-state index in [0.717, 1.165) is 24.3 Å². The number of likely N-dealkylation sites (tertiary alicyclic amines) is 1. The maximum Gasteiger partial charge on any atom is 0.0865 e. The first kappa shape index (κ1) is 22.0. The molecule has 36 heavy (non-hydrogen) atoms. The number of aromatic nitrogens is 4. The molecular formula is C30H33N5O. The number of benzene rings is 2. The van der Waals surface area contributed by atoms with Gasteiger partial charge in [0.1, 0.15) is 0 Å². The van der Waals surface area contributed by atoms with Gasteiger partial charge in [0.25, 0.3) is 0 Å². The van der Waals surface area contributed by atoms with Gasteiger partial charge in [0, 0.05) is 59.4 Å². The van der Waals surface area contributed by atoms with E-state index in [1.807, 2.05) is 4.52 Å². The molecule has 0 saturated carbocycles. The summed E-state index contributed by atoms with van der Waals surface area (Å²) < 4.78 is 7.48. The highest BCUT2D eigenvalue weighted by molar-refractivity contribution is 6.14. The van der Waals surface area contributed by atoms with Crippen molar-refractivity contribution < 1.29 is 4.74 Å². The number of H-pyrrole nitrogens is 1. The van der Waals surface area contributed by atoms with E-state index in [1.165, 1.54) is 82.8 Å². The zero-order chi connectivity index (χ0) is 24.2. The topological polar surface area (TPSA) is 58.5 Å². The molecule has 184 valence electrons. The van der Waals surface area contributed by atoms with Crippen LogP contribution in [0.25, 0.3) is 38.4 Å². The van der Waals surface area contributed by atoms with E-state index in [-0.39, 0.29) is 0 Å². The molecule has 1 N–H and O–H groups in total. The monoisotopic (exact) mass is 479 g/mol. The summed E-state index contributed by atoms with van der Waals surface area (Å²) >= 11 is 0. The molecule has 0 amide bonds. The van der Waals surface area contributed by atoms with Crippen molar-refractivity contribution in [3.8, 4) is 11.1 Å². The predicted octanol–water partition coefficient (Wildman–Crippen LogP) is 6.01. The largest absolute Gasteiger partial charge is 0.381 e. The van der Waals surface area contributed by atoms with Gasteiger partial charge in [-0.2, -0.15) is 0 Å². The second kappa shape index (κ2) is 8.71. The highest BCUT2D eigenvalue weighted by Gasteiger charge is 2.28. The molecule has 2 aromatic carbocycles. The third kappa shape index (κ3) is 3.62. The molecule has 2 fully saturated rings. The molecule has 7 rings (SSSR count). The summed E-state index contributed by atoms with van der Waals surface area (Å²) in [6, 6.07) is 14.4. The fraction of sp³-hybridized carbons (Fsp3) is 0.400. The van der Waals surface area contributed by atoms with Crippen LogP contribution in [0.3, 0.4) is 0 Å². The average molecular weight is 480 g/mol. The highest BCUT2D eigenvalue weighted by atomic mass is 16.5. The Morgan fingerprint density at radius 2 is 1.92 bits per heavy atom. The predicted molar refractivity (Wildman–Crippen MR) is 145 cm³/mol. The van der Waals surface area contributed by atoms with Gasteiger partial charge in [-0.05, 0) is 92.9 Å². The zero-order valence-corrected chi connectivity index (χ0v) is 21.1. The summed E-state index contributed by atoms with van der Waals surface area (Å²) in [5, 5.41) is 11.0. The Bertz CT molecular complexity index is 1580. The molecule has 2 aliphatic rings. The Hall–Kier alpha value is -3.22. The van der Waals surface area contributed by atoms with Gasteiger partial charge in [-0.15, -0.1) is 5.10 Å². The van der Waals surface area contributed by atoms with Crippen LogP contribution in [0.2, 0.25) is 0 Å². The minimum atomic E-state index is 0.593. The molecule has 2 aliphatic heterocycles. The standard InChI is InChI=1S/C30H33N5O/c1-19-14-26(23-5-7-25-16-31-33-35(25)18-23)30-29(20(19)2)27-15-21(6-8-28(27)32-30)22-4-3-11-34(17-22)24-9-12-36-13-10-24/h5-8,14-16,18,22,24,32H,3-4,9-13,17H2,1-2H3. The fourth-order valence-corrected chi connectivity index (χ4v) is 6.52. The second-order valence-corrected chi connectivity index (χ2v) is 10.7. The molecule has 1 unspecified atom stereocenters. The summed E-state index contributed by atoms with van der Waals surface area (Å²) in [5.74, 6) is 0.593. The molecule has 6 nitrogen and oxygen atoms in total. The summed E-state index contributed by atoms with van der Waals surface area (Å²) in [5.41, 5.74) is 9.92. The van der Waals surface area contributed by atoms with Crippen molar-refractivity contribution in [2.24, 2.45) is 0 Å². The number of hydrogen-bond donors (Lipinski definition) is 1. The van der Waals surface area contributed by atoms with E-state index in [0.29, 0.717) is 12.0 Å². The summed E-state index contributed by atoms with van der Waals surface area (Å²) in [7, 11) is 0. The minimum Gasteiger partial charge on any atom is -0.381 e. The maximum atomic E-state index is 5.62. The number of nitrogens with zero attached hydrogens (tertiary/aromatic N) is 4. The number of hydrogen-bond acceptors (Lipinski definition) is 4. The lowest BCUT2D eigenvalue weighted by atomic mass is 9.88. The van der Waals surface area contributed by atoms with Crippen LogP contribution >= 0.6 is 0 Å². The first-order valence-electron chi connectivity index (χ1n) is 13.3. The van der Waals surface area contributed by atoms with Crippen molar-refractivity contribution in [3.63, 3.8) is 0 Å². The maximum absolute atomic E-state index is 5.62. The van der Waals surface area contributed by atoms with Crippen LogP contribution in [0.1, 0.15) is 48.3 Å². The first-order valence-corrected chi connectivity index (χ1v) is 13.3. The van der Waals surface area contributed by atoms with E-state index in [9.17, 15) is 0 Å². The van der Waals surface area contributed by atoms with Crippen molar-refractivity contribution in [2.45, 2.75) is 51.5 Å². The molecule has 1 atom stereocenters. The van der Waals surface area contributed by atoms with Crippen LogP contribution in [0.15, 0.2) is 48.8 Å². The van der Waals surface area contributed by atoms with E-state index < -0.39 is 0 Å². The van der Waals surface area contributed by atoms with Crippen LogP contribution in [-0.4, -0.2) is 57.1 Å². The van der Waals surface area contributed by atoms with Gasteiger partial charge in [0.05, 0.1) is 17.2 Å². The number of aromatic amines is 1. The molecule has 0 radical (unpaired) electrons. The smallest absolute Gasteiger partial charge is 0.0865 e. The lowest BCUT2D eigenvalue weighted by Gasteiger charge is -2.40. The van der Waals surface area contributed by atoms with Crippen molar-refractivity contribution >= 4 is 27.3 Å². The van der Waals surface area contributed by atoms with Crippen molar-refractivity contribution in [3.05, 3.63) is 65.5 Å². The number of rotatable bonds is 3. The Kier molecular flexibility index (Phi) is 5.33. The Balaban J connectivity index is 1.31. The van der Waals surface area contributed by atoms with E-state index in [2.05, 4.69) is 76.6 Å². The Labute approximate surface area is 211 Å². The van der Waals surface area contributed by atoms with Gasteiger partial charge >= 0.3 is 0 Å². The van der Waals surface area contributed by atoms with Crippen LogP contribution in [-0.2, 0) is 4.74 Å². The molecule has 6 heteroatoms. The van der Waals surface area contributed by atoms with Crippen molar-refractivity contribution in [1.82, 2.24) is 24.7 Å². The molecule has 0 bridgehead atoms. The SMILES string of the molecule is Cc1cc(-c2ccc3cnnn3c2)c2[nH]c3ccc(C4CCCN(C5CCOCC5)C4)cc3c2c1C. The number of piperidine rings is 1. The fourth-order valence-electron chi connectivity index (χ4n) is 6.52. The number of pyridine rings is 1. The number of aryl methyl sites for hydroxylation is 2. The molecule has 2 saturated heterocycles. The molecule has 0 aliphatic carbocycles. The van der Waals surface area contributed by atoms with E-state index in [1.54, 1.807) is 6.20 Å². The van der Waals surface area contributed by atoms with Gasteiger partial charge in [-0.3, -0.25) is 4.90 Å². The van der Waals surface area contributed by atoms with Crippen molar-refractivity contribution in [2.75, 3.05) is 26.3 Å². The Morgan fingerprint density at radius 3 is 2.81 bits per heavy atom. The lowest BCUT2D eigenvalue weighted by molar-refractivity contribution is 0.0240. The molecule has 0 spiro atoms. The van der Waals surface area contributed by atoms with Crippen molar-refractivity contribution in [1.29, 1.82) is 0 Å². The number of ether oxygens (including phenoxy) is 1. The summed E-state index contributed by atoms with van der Waals surface area (Å²) in [4.78, 5) is 6.52. The minimum absolute atomic E-state index is 0.593. The van der Waals surface area contributed by atoms with Crippen LogP contribution in [0, 0.1) is 13.8 Å². The second-order valence-electron chi connectivity index (χ2n) is 10.7. The van der Waals surface area contributed by atoms with Gasteiger partial charge in [-0.1, -0.05) is 17.3 Å². The molecular weight excluding hydrogens is 446 g/mol. The average Bonchev–Trinajstić information content (AvgIpc) is 3.55. The van der Waals surface area contributed by atoms with Gasteiger partial charge < -0.3 is 9.72 Å². The van der Waals surface area contributed by atoms with E-state index in [4.69, 9.17) is 4.74 Å². The van der Waals surface area contributed by atoms with E-state index >= 15 is 0 Å². The van der Waals surface area contributed by atoms with Gasteiger partial charge in [0.2, 0.25) is 0 Å². The van der Waals surface area contributed by atoms with Crippen LogP contribution in [0.5, 0.6) is 0 Å².